The minimum atomic E-state index is -0.616. The summed E-state index contributed by atoms with van der Waals surface area (Å²) < 4.78 is 35.5. The van der Waals surface area contributed by atoms with Crippen molar-refractivity contribution >= 4 is 17.8 Å². The van der Waals surface area contributed by atoms with E-state index in [1.165, 1.54) is 0 Å². The zero-order valence-corrected chi connectivity index (χ0v) is 33.6. The maximum atomic E-state index is 14.6. The quantitative estimate of drug-likeness (QED) is 0.0719. The van der Waals surface area contributed by atoms with E-state index in [1.54, 1.807) is 41.7 Å². The number of hydrogen-bond donors (Lipinski definition) is 0. The van der Waals surface area contributed by atoms with Gasteiger partial charge >= 0.3 is 0 Å². The Balaban J connectivity index is 1.31. The molecule has 55 heavy (non-hydrogen) atoms. The molecule has 298 valence electrons. The van der Waals surface area contributed by atoms with Gasteiger partial charge in [-0.3, -0.25) is 9.59 Å². The van der Waals surface area contributed by atoms with Crippen molar-refractivity contribution in [1.29, 1.82) is 0 Å². The largest absolute Gasteiger partial charge is 0.493 e. The Bertz CT molecular complexity index is 1790. The summed E-state index contributed by atoms with van der Waals surface area (Å²) in [7, 11) is 8.01. The fourth-order valence-corrected chi connectivity index (χ4v) is 7.85. The number of amides is 1. The third-order valence-electron chi connectivity index (χ3n) is 10.9. The molecule has 2 aromatic carbocycles. The molecule has 2 aliphatic rings. The van der Waals surface area contributed by atoms with Crippen LogP contribution in [0.25, 0.3) is 6.08 Å². The number of methoxy groups -OCH3 is 5. The van der Waals surface area contributed by atoms with Gasteiger partial charge < -0.3 is 42.8 Å². The van der Waals surface area contributed by atoms with Crippen molar-refractivity contribution in [2.75, 3.05) is 74.9 Å². The molecule has 1 aromatic heterocycles. The van der Waals surface area contributed by atoms with E-state index < -0.39 is 5.41 Å². The second kappa shape index (κ2) is 19.7. The number of likely N-dealkylation sites (tertiary alicyclic amines) is 2. The van der Waals surface area contributed by atoms with Crippen molar-refractivity contribution in [1.82, 2.24) is 19.4 Å². The summed E-state index contributed by atoms with van der Waals surface area (Å²) in [6.07, 6.45) is 13.1. The number of piperidine rings is 1. The number of carbonyl (C=O) groups is 2. The molecule has 1 atom stereocenters. The van der Waals surface area contributed by atoms with Crippen molar-refractivity contribution in [2.24, 2.45) is 11.3 Å². The third kappa shape index (κ3) is 9.71. The number of allylic oxidation sites excluding steroid dienone is 3. The number of imidazole rings is 1. The van der Waals surface area contributed by atoms with Gasteiger partial charge in [0.15, 0.2) is 28.8 Å². The molecule has 0 radical (unpaired) electrons. The number of rotatable bonds is 20. The molecule has 0 aliphatic carbocycles. The average molecular weight is 759 g/mol. The van der Waals surface area contributed by atoms with Crippen LogP contribution in [-0.4, -0.2) is 106 Å². The van der Waals surface area contributed by atoms with E-state index in [0.717, 1.165) is 55.7 Å². The van der Waals surface area contributed by atoms with E-state index in [1.807, 2.05) is 78.0 Å². The first-order chi connectivity index (χ1) is 26.7. The first-order valence-electron chi connectivity index (χ1n) is 19.2. The fraction of sp³-hybridized carbons (Fsp3) is 0.512. The molecule has 3 heterocycles. The van der Waals surface area contributed by atoms with E-state index in [2.05, 4.69) is 9.88 Å². The highest BCUT2D eigenvalue weighted by Gasteiger charge is 2.46. The first-order valence-corrected chi connectivity index (χ1v) is 19.2. The van der Waals surface area contributed by atoms with Crippen molar-refractivity contribution in [3.05, 3.63) is 77.4 Å². The maximum Gasteiger partial charge on any atom is 0.229 e. The Morgan fingerprint density at radius 1 is 0.873 bits per heavy atom. The highest BCUT2D eigenvalue weighted by molar-refractivity contribution is 5.95. The van der Waals surface area contributed by atoms with Crippen LogP contribution >= 0.6 is 0 Å². The van der Waals surface area contributed by atoms with Gasteiger partial charge in [-0.25, -0.2) is 4.98 Å². The highest BCUT2D eigenvalue weighted by Crippen LogP contribution is 2.43. The first kappa shape index (κ1) is 41.4. The van der Waals surface area contributed by atoms with Crippen LogP contribution in [0, 0.1) is 11.3 Å². The number of Topliss-reactive ketones (excluding diaryl/α,β-unsaturated/α-hetero) is 1. The summed E-state index contributed by atoms with van der Waals surface area (Å²) in [4.78, 5) is 37.5. The lowest BCUT2D eigenvalue weighted by Crippen LogP contribution is -2.42. The molecular weight excluding hydrogens is 700 g/mol. The van der Waals surface area contributed by atoms with Gasteiger partial charge in [-0.1, -0.05) is 24.3 Å². The van der Waals surface area contributed by atoms with Crippen LogP contribution in [0.2, 0.25) is 0 Å². The van der Waals surface area contributed by atoms with Gasteiger partial charge in [0.25, 0.3) is 0 Å². The average Bonchev–Trinajstić information content (AvgIpc) is 3.75. The standard InChI is InChI=1S/C43H58N4O8/c1-8-10-11-12-34-29-44-41(47(34)23-24-55-9-2)39(48)33-15-19-45(20-16-33)21-17-43(28-31-13-14-35(50-3)36(25-31)51-4)18-22-46(42(43)49)30-32-26-37(52-5)40(54-7)38(27-32)53-6/h8,10-14,25-27,29,33H,9,15-24,28,30H2,1-7H3/b10-8+,12-11+. The van der Waals surface area contributed by atoms with Crippen molar-refractivity contribution in [3.63, 3.8) is 0 Å². The zero-order chi connectivity index (χ0) is 39.4. The molecule has 2 fully saturated rings. The number of aromatic nitrogens is 2. The molecule has 2 aliphatic heterocycles. The van der Waals surface area contributed by atoms with E-state index >= 15 is 0 Å². The van der Waals surface area contributed by atoms with Gasteiger partial charge in [-0.05, 0) is 107 Å². The fourth-order valence-electron chi connectivity index (χ4n) is 7.85. The minimum absolute atomic E-state index is 0.0835. The number of nitrogens with zero attached hydrogens (tertiary/aromatic N) is 4. The lowest BCUT2D eigenvalue weighted by molar-refractivity contribution is -0.137. The smallest absolute Gasteiger partial charge is 0.229 e. The third-order valence-corrected chi connectivity index (χ3v) is 10.9. The summed E-state index contributed by atoms with van der Waals surface area (Å²) in [5.74, 6) is 3.51. The van der Waals surface area contributed by atoms with Gasteiger partial charge in [0.2, 0.25) is 17.4 Å². The van der Waals surface area contributed by atoms with E-state index in [9.17, 15) is 9.59 Å². The van der Waals surface area contributed by atoms with Gasteiger partial charge in [0.1, 0.15) is 0 Å². The zero-order valence-electron chi connectivity index (χ0n) is 33.6. The number of carbonyl (C=O) groups excluding carboxylic acids is 2. The lowest BCUT2D eigenvalue weighted by atomic mass is 9.76. The van der Waals surface area contributed by atoms with Crippen molar-refractivity contribution in [3.8, 4) is 28.7 Å². The maximum absolute atomic E-state index is 14.6. The van der Waals surface area contributed by atoms with Crippen LogP contribution < -0.4 is 23.7 Å². The molecule has 5 rings (SSSR count). The second-order valence-electron chi connectivity index (χ2n) is 14.1. The predicted molar refractivity (Wildman–Crippen MR) is 212 cm³/mol. The molecule has 0 spiro atoms. The van der Waals surface area contributed by atoms with E-state index in [0.29, 0.717) is 80.3 Å². The molecule has 12 nitrogen and oxygen atoms in total. The van der Waals surface area contributed by atoms with Gasteiger partial charge in [0.05, 0.1) is 59.5 Å². The molecule has 1 unspecified atom stereocenters. The Morgan fingerprint density at radius 3 is 2.20 bits per heavy atom. The summed E-state index contributed by atoms with van der Waals surface area (Å²) in [6, 6.07) is 9.71. The molecule has 0 saturated carbocycles. The van der Waals surface area contributed by atoms with Crippen LogP contribution in [-0.2, 0) is 29.0 Å². The molecule has 12 heteroatoms. The van der Waals surface area contributed by atoms with Crippen LogP contribution in [0.4, 0.5) is 0 Å². The monoisotopic (exact) mass is 758 g/mol. The summed E-state index contributed by atoms with van der Waals surface area (Å²) in [5.41, 5.74) is 2.19. The number of benzene rings is 2. The number of ketones is 1. The normalized spacial score (nSPS) is 18.1. The van der Waals surface area contributed by atoms with Crippen LogP contribution in [0.5, 0.6) is 28.7 Å². The minimum Gasteiger partial charge on any atom is -0.493 e. The van der Waals surface area contributed by atoms with Crippen LogP contribution in [0.15, 0.2) is 54.8 Å². The summed E-state index contributed by atoms with van der Waals surface area (Å²) in [5, 5.41) is 0. The lowest BCUT2D eigenvalue weighted by Gasteiger charge is -2.35. The molecule has 1 amide bonds. The molecular formula is C43H58N4O8. The number of hydrogen-bond acceptors (Lipinski definition) is 10. The Labute approximate surface area is 326 Å². The van der Waals surface area contributed by atoms with Gasteiger partial charge in [-0.15, -0.1) is 0 Å². The molecule has 3 aromatic rings. The van der Waals surface area contributed by atoms with Crippen molar-refractivity contribution < 1.29 is 38.0 Å². The van der Waals surface area contributed by atoms with Gasteiger partial charge in [-0.2, -0.15) is 0 Å². The van der Waals surface area contributed by atoms with Crippen LogP contribution in [0.1, 0.15) is 67.0 Å². The summed E-state index contributed by atoms with van der Waals surface area (Å²) >= 11 is 0. The van der Waals surface area contributed by atoms with Crippen LogP contribution in [0.3, 0.4) is 0 Å². The van der Waals surface area contributed by atoms with E-state index in [-0.39, 0.29) is 17.6 Å². The van der Waals surface area contributed by atoms with Gasteiger partial charge in [0, 0.05) is 32.2 Å². The molecule has 0 N–H and O–H groups in total. The highest BCUT2D eigenvalue weighted by atomic mass is 16.5. The molecule has 2 saturated heterocycles. The van der Waals surface area contributed by atoms with Crippen molar-refractivity contribution in [2.45, 2.75) is 59.0 Å². The Hall–Kier alpha value is -4.81. The Kier molecular flexibility index (Phi) is 14.8. The summed E-state index contributed by atoms with van der Waals surface area (Å²) in [6.45, 7) is 8.99. The SMILES string of the molecule is C/C=C/C=C/c1cnc(C(=O)C2CCN(CCC3(Cc4ccc(OC)c(OC)c4)CCN(Cc4cc(OC)c(OC)c(OC)c4)C3=O)CC2)n1CCOCC. The Morgan fingerprint density at radius 2 is 1.56 bits per heavy atom. The number of ether oxygens (including phenoxy) is 6. The van der Waals surface area contributed by atoms with E-state index in [4.69, 9.17) is 28.4 Å². The predicted octanol–water partition coefficient (Wildman–Crippen LogP) is 6.50. The topological polar surface area (TPSA) is 114 Å². The second-order valence-corrected chi connectivity index (χ2v) is 14.1. The molecule has 0 bridgehead atoms.